The van der Waals surface area contributed by atoms with E-state index in [-0.39, 0.29) is 29.7 Å². The van der Waals surface area contributed by atoms with E-state index < -0.39 is 27.8 Å². The molecule has 30 heavy (non-hydrogen) atoms. The second-order valence-electron chi connectivity index (χ2n) is 7.77. The first-order valence-electron chi connectivity index (χ1n) is 9.84. The van der Waals surface area contributed by atoms with Crippen LogP contribution >= 0.6 is 0 Å². The van der Waals surface area contributed by atoms with Crippen molar-refractivity contribution >= 4 is 21.4 Å². The molecule has 1 saturated heterocycles. The molecule has 2 unspecified atom stereocenters. The number of para-hydroxylation sites is 1. The predicted octanol–water partition coefficient (Wildman–Crippen LogP) is 2.87. The highest BCUT2D eigenvalue weighted by atomic mass is 32.2. The lowest BCUT2D eigenvalue weighted by molar-refractivity contribution is -0.140. The number of carbonyl (C=O) groups is 1. The lowest BCUT2D eigenvalue weighted by atomic mass is 10.1. The van der Waals surface area contributed by atoms with Crippen LogP contribution in [0, 0.1) is 5.82 Å². The first-order valence-corrected chi connectivity index (χ1v) is 11.7. The second kappa shape index (κ2) is 9.04. The number of halogens is 1. The number of anilines is 1. The molecule has 3 rings (SSSR count). The fraction of sp³-hybridized carbons (Fsp3) is 0.409. The number of benzene rings is 2. The third-order valence-electron chi connectivity index (χ3n) is 5.23. The van der Waals surface area contributed by atoms with Crippen molar-refractivity contribution in [3.8, 4) is 5.75 Å². The lowest BCUT2D eigenvalue weighted by Crippen LogP contribution is -2.46. The van der Waals surface area contributed by atoms with Crippen LogP contribution in [0.4, 0.5) is 10.1 Å². The summed E-state index contributed by atoms with van der Waals surface area (Å²) in [6.45, 7) is 1.82. The van der Waals surface area contributed by atoms with E-state index in [1.807, 2.05) is 43.3 Å². The molecule has 2 atom stereocenters. The molecule has 6 nitrogen and oxygen atoms in total. The number of sulfone groups is 1. The first kappa shape index (κ1) is 22.1. The Morgan fingerprint density at radius 3 is 2.40 bits per heavy atom. The van der Waals surface area contributed by atoms with Crippen LogP contribution in [-0.2, 0) is 21.2 Å². The van der Waals surface area contributed by atoms with Crippen LogP contribution in [0.25, 0.3) is 0 Å². The molecule has 2 aromatic carbocycles. The topological polar surface area (TPSA) is 66.9 Å². The Hall–Kier alpha value is -2.61. The zero-order chi connectivity index (χ0) is 21.9. The van der Waals surface area contributed by atoms with Gasteiger partial charge in [0.05, 0.1) is 11.5 Å². The summed E-state index contributed by atoms with van der Waals surface area (Å²) in [5, 5.41) is 0. The Morgan fingerprint density at radius 2 is 1.83 bits per heavy atom. The summed E-state index contributed by atoms with van der Waals surface area (Å²) in [6.07, 6.45) is -0.567. The molecule has 0 aromatic heterocycles. The standard InChI is InChI=1S/C22H27FN2O4S/c1-16(29-21-7-5-4-6-20(21)23)22(26)25(19-12-13-30(27,28)15-19)14-17-8-10-18(11-9-17)24(2)3/h4-11,16,19H,12-15H2,1-3H3. The van der Waals surface area contributed by atoms with Crippen molar-refractivity contribution in [1.29, 1.82) is 0 Å². The molecule has 1 aliphatic rings. The Labute approximate surface area is 177 Å². The monoisotopic (exact) mass is 434 g/mol. The van der Waals surface area contributed by atoms with Gasteiger partial charge in [0.25, 0.3) is 5.91 Å². The molecule has 8 heteroatoms. The quantitative estimate of drug-likeness (QED) is 0.670. The third-order valence-corrected chi connectivity index (χ3v) is 6.98. The Kier molecular flexibility index (Phi) is 6.65. The minimum absolute atomic E-state index is 0.00678. The summed E-state index contributed by atoms with van der Waals surface area (Å²) in [4.78, 5) is 16.7. The molecule has 1 aliphatic heterocycles. The molecule has 0 radical (unpaired) electrons. The van der Waals surface area contributed by atoms with E-state index in [4.69, 9.17) is 4.74 Å². The van der Waals surface area contributed by atoms with Gasteiger partial charge in [-0.25, -0.2) is 12.8 Å². The third kappa shape index (κ3) is 5.30. The molecule has 0 aliphatic carbocycles. The van der Waals surface area contributed by atoms with E-state index in [1.165, 1.54) is 12.1 Å². The zero-order valence-electron chi connectivity index (χ0n) is 17.4. The van der Waals surface area contributed by atoms with Crippen LogP contribution in [0.2, 0.25) is 0 Å². The average molecular weight is 435 g/mol. The number of rotatable bonds is 7. The van der Waals surface area contributed by atoms with Crippen molar-refractivity contribution in [2.45, 2.75) is 32.0 Å². The fourth-order valence-electron chi connectivity index (χ4n) is 3.52. The highest BCUT2D eigenvalue weighted by Gasteiger charge is 2.36. The van der Waals surface area contributed by atoms with E-state index in [1.54, 1.807) is 24.0 Å². The van der Waals surface area contributed by atoms with Gasteiger partial charge in [-0.2, -0.15) is 0 Å². The summed E-state index contributed by atoms with van der Waals surface area (Å²) in [5.74, 6) is -0.930. The van der Waals surface area contributed by atoms with Crippen LogP contribution < -0.4 is 9.64 Å². The van der Waals surface area contributed by atoms with Gasteiger partial charge in [0.2, 0.25) is 0 Å². The normalized spacial score (nSPS) is 18.6. The maximum Gasteiger partial charge on any atom is 0.263 e. The molecule has 2 aromatic rings. The molecule has 162 valence electrons. The van der Waals surface area contributed by atoms with Gasteiger partial charge in [-0.1, -0.05) is 24.3 Å². The van der Waals surface area contributed by atoms with E-state index in [2.05, 4.69) is 0 Å². The molecule has 1 fully saturated rings. The smallest absolute Gasteiger partial charge is 0.263 e. The maximum absolute atomic E-state index is 13.9. The van der Waals surface area contributed by atoms with Crippen molar-refractivity contribution in [1.82, 2.24) is 4.90 Å². The summed E-state index contributed by atoms with van der Waals surface area (Å²) >= 11 is 0. The molecule has 0 bridgehead atoms. The van der Waals surface area contributed by atoms with E-state index >= 15 is 0 Å². The molecule has 0 saturated carbocycles. The number of carbonyl (C=O) groups excluding carboxylic acids is 1. The predicted molar refractivity (Wildman–Crippen MR) is 115 cm³/mol. The highest BCUT2D eigenvalue weighted by Crippen LogP contribution is 2.24. The van der Waals surface area contributed by atoms with E-state index in [0.29, 0.717) is 6.42 Å². The SMILES string of the molecule is CC(Oc1ccccc1F)C(=O)N(Cc1ccc(N(C)C)cc1)C1CCS(=O)(=O)C1. The number of nitrogens with zero attached hydrogens (tertiary/aromatic N) is 2. The van der Waals surface area contributed by atoms with Crippen LogP contribution in [-0.4, -0.2) is 57.0 Å². The molecule has 1 heterocycles. The van der Waals surface area contributed by atoms with Crippen molar-refractivity contribution < 1.29 is 22.3 Å². The Balaban J connectivity index is 1.81. The van der Waals surface area contributed by atoms with Crippen LogP contribution in [0.5, 0.6) is 5.75 Å². The molecule has 1 amide bonds. The van der Waals surface area contributed by atoms with Gasteiger partial charge in [0, 0.05) is 32.4 Å². The highest BCUT2D eigenvalue weighted by molar-refractivity contribution is 7.91. The number of ether oxygens (including phenoxy) is 1. The molecular formula is C22H27FN2O4S. The van der Waals surface area contributed by atoms with Gasteiger partial charge in [0.1, 0.15) is 0 Å². The number of hydrogen-bond donors (Lipinski definition) is 0. The van der Waals surface area contributed by atoms with E-state index in [0.717, 1.165) is 11.3 Å². The minimum Gasteiger partial charge on any atom is -0.478 e. The summed E-state index contributed by atoms with van der Waals surface area (Å²) in [5.41, 5.74) is 1.91. The summed E-state index contributed by atoms with van der Waals surface area (Å²) in [7, 11) is 0.704. The van der Waals surface area contributed by atoms with Crippen LogP contribution in [0.1, 0.15) is 18.9 Å². The van der Waals surface area contributed by atoms with Gasteiger partial charge < -0.3 is 14.5 Å². The Bertz CT molecular complexity index is 992. The average Bonchev–Trinajstić information content (AvgIpc) is 3.07. The van der Waals surface area contributed by atoms with Gasteiger partial charge in [0.15, 0.2) is 27.5 Å². The molecule has 0 N–H and O–H groups in total. The van der Waals surface area contributed by atoms with Crippen molar-refractivity contribution in [3.05, 3.63) is 59.9 Å². The molecular weight excluding hydrogens is 407 g/mol. The summed E-state index contributed by atoms with van der Waals surface area (Å²) < 4.78 is 43.5. The maximum atomic E-state index is 13.9. The van der Waals surface area contributed by atoms with Crippen LogP contribution in [0.15, 0.2) is 48.5 Å². The van der Waals surface area contributed by atoms with Crippen molar-refractivity contribution in [3.63, 3.8) is 0 Å². The Morgan fingerprint density at radius 1 is 1.17 bits per heavy atom. The van der Waals surface area contributed by atoms with Crippen molar-refractivity contribution in [2.24, 2.45) is 0 Å². The largest absolute Gasteiger partial charge is 0.478 e. The van der Waals surface area contributed by atoms with E-state index in [9.17, 15) is 17.6 Å². The number of amides is 1. The summed E-state index contributed by atoms with van der Waals surface area (Å²) in [6, 6.07) is 13.2. The van der Waals surface area contributed by atoms with Gasteiger partial charge in [-0.3, -0.25) is 4.79 Å². The minimum atomic E-state index is -3.18. The zero-order valence-corrected chi connectivity index (χ0v) is 18.2. The molecule has 0 spiro atoms. The fourth-order valence-corrected chi connectivity index (χ4v) is 5.25. The number of hydrogen-bond acceptors (Lipinski definition) is 5. The van der Waals surface area contributed by atoms with Gasteiger partial charge >= 0.3 is 0 Å². The first-order chi connectivity index (χ1) is 14.2. The van der Waals surface area contributed by atoms with Crippen LogP contribution in [0.3, 0.4) is 0 Å². The lowest BCUT2D eigenvalue weighted by Gasteiger charge is -2.31. The second-order valence-corrected chi connectivity index (χ2v) is 10.0. The van der Waals surface area contributed by atoms with Gasteiger partial charge in [-0.15, -0.1) is 0 Å². The van der Waals surface area contributed by atoms with Crippen molar-refractivity contribution in [2.75, 3.05) is 30.5 Å². The van der Waals surface area contributed by atoms with Gasteiger partial charge in [-0.05, 0) is 43.2 Å².